The van der Waals surface area contributed by atoms with Gasteiger partial charge in [-0.25, -0.2) is 14.5 Å². The van der Waals surface area contributed by atoms with Gasteiger partial charge in [0.25, 0.3) is 0 Å². The summed E-state index contributed by atoms with van der Waals surface area (Å²) in [6, 6.07) is 6.33. The van der Waals surface area contributed by atoms with Crippen LogP contribution >= 0.6 is 0 Å². The smallest absolute Gasteiger partial charge is 0.318 e. The highest BCUT2D eigenvalue weighted by molar-refractivity contribution is 5.75. The summed E-state index contributed by atoms with van der Waals surface area (Å²) in [6.07, 6.45) is 3.95. The van der Waals surface area contributed by atoms with Crippen molar-refractivity contribution in [2.24, 2.45) is 0 Å². The van der Waals surface area contributed by atoms with Gasteiger partial charge in [0.2, 0.25) is 0 Å². The average molecular weight is 397 g/mol. The van der Waals surface area contributed by atoms with Crippen molar-refractivity contribution in [1.82, 2.24) is 25.0 Å². The summed E-state index contributed by atoms with van der Waals surface area (Å²) in [5, 5.41) is 7.73. The van der Waals surface area contributed by atoms with Crippen LogP contribution in [0, 0.1) is 0 Å². The molecule has 3 heterocycles. The summed E-state index contributed by atoms with van der Waals surface area (Å²) < 4.78 is 12.4. The van der Waals surface area contributed by atoms with Crippen molar-refractivity contribution in [1.29, 1.82) is 0 Å². The molecule has 0 saturated heterocycles. The minimum Gasteiger partial charge on any atom is -0.497 e. The van der Waals surface area contributed by atoms with Gasteiger partial charge in [-0.15, -0.1) is 0 Å². The minimum atomic E-state index is 0.0171. The second-order valence-corrected chi connectivity index (χ2v) is 8.40. The van der Waals surface area contributed by atoms with E-state index in [1.807, 2.05) is 15.6 Å². The number of nitrogens with zero attached hydrogens (tertiary/aromatic N) is 4. The first-order valence-corrected chi connectivity index (χ1v) is 10.2. The van der Waals surface area contributed by atoms with E-state index >= 15 is 0 Å². The molecule has 1 aliphatic carbocycles. The van der Waals surface area contributed by atoms with E-state index in [0.717, 1.165) is 43.8 Å². The molecule has 29 heavy (non-hydrogen) atoms. The molecule has 1 aromatic carbocycles. The lowest BCUT2D eigenvalue weighted by Gasteiger charge is -2.36. The third-order valence-electron chi connectivity index (χ3n) is 6.39. The fourth-order valence-electron chi connectivity index (χ4n) is 4.68. The largest absolute Gasteiger partial charge is 0.497 e. The Morgan fingerprint density at radius 1 is 1.34 bits per heavy atom. The van der Waals surface area contributed by atoms with Crippen LogP contribution in [0.15, 0.2) is 18.2 Å². The molecule has 2 aliphatic heterocycles. The van der Waals surface area contributed by atoms with Crippen molar-refractivity contribution in [3.8, 4) is 5.75 Å². The van der Waals surface area contributed by atoms with Crippen LogP contribution in [-0.4, -0.2) is 52.5 Å². The zero-order chi connectivity index (χ0) is 20.0. The van der Waals surface area contributed by atoms with E-state index in [-0.39, 0.29) is 17.5 Å². The third kappa shape index (κ3) is 3.35. The van der Waals surface area contributed by atoms with E-state index in [1.165, 1.54) is 11.1 Å². The topological polar surface area (TPSA) is 81.5 Å². The van der Waals surface area contributed by atoms with Crippen LogP contribution in [-0.2, 0) is 36.3 Å². The van der Waals surface area contributed by atoms with Crippen LogP contribution in [0.1, 0.15) is 42.0 Å². The molecule has 0 radical (unpaired) electrons. The standard InChI is InChI=1S/C21H27N5O3/c1-28-12-18-23-19-6-4-15(11-26(19)24-18)22-20(27)25-10-14-3-5-16(29-2)9-17(14)21(13-25)7-8-21/h3,5,9,15H,4,6-8,10-13H2,1-2H3,(H,22,27). The molecule has 2 amide bonds. The van der Waals surface area contributed by atoms with Gasteiger partial charge >= 0.3 is 6.03 Å². The molecule has 8 heteroatoms. The molecule has 1 N–H and O–H groups in total. The molecule has 1 fully saturated rings. The SMILES string of the molecule is COCc1nc2n(n1)CC(NC(=O)N1Cc3ccc(OC)cc3C3(CC3)C1)CC2. The van der Waals surface area contributed by atoms with Crippen LogP contribution in [0.3, 0.4) is 0 Å². The van der Waals surface area contributed by atoms with Gasteiger partial charge in [0.15, 0.2) is 5.82 Å². The molecule has 1 unspecified atom stereocenters. The Morgan fingerprint density at radius 2 is 2.21 bits per heavy atom. The van der Waals surface area contributed by atoms with Gasteiger partial charge in [0.1, 0.15) is 18.2 Å². The number of carbonyl (C=O) groups excluding carboxylic acids is 1. The van der Waals surface area contributed by atoms with Crippen molar-refractivity contribution in [3.63, 3.8) is 0 Å². The first kappa shape index (κ1) is 18.4. The number of ether oxygens (including phenoxy) is 2. The van der Waals surface area contributed by atoms with Crippen molar-refractivity contribution >= 4 is 6.03 Å². The van der Waals surface area contributed by atoms with E-state index in [4.69, 9.17) is 9.47 Å². The number of amides is 2. The van der Waals surface area contributed by atoms with Gasteiger partial charge in [-0.05, 0) is 42.5 Å². The molecule has 154 valence electrons. The lowest BCUT2D eigenvalue weighted by Crippen LogP contribution is -2.51. The van der Waals surface area contributed by atoms with Crippen LogP contribution in [0.4, 0.5) is 4.79 Å². The summed E-state index contributed by atoms with van der Waals surface area (Å²) in [7, 11) is 3.34. The van der Waals surface area contributed by atoms with Gasteiger partial charge in [-0.2, -0.15) is 5.10 Å². The third-order valence-corrected chi connectivity index (χ3v) is 6.39. The van der Waals surface area contributed by atoms with Crippen molar-refractivity contribution < 1.29 is 14.3 Å². The summed E-state index contributed by atoms with van der Waals surface area (Å²) in [5.41, 5.74) is 2.70. The molecule has 8 nitrogen and oxygen atoms in total. The van der Waals surface area contributed by atoms with Crippen molar-refractivity contribution in [2.45, 2.75) is 56.8 Å². The average Bonchev–Trinajstić information content (AvgIpc) is 3.37. The number of hydrogen-bond acceptors (Lipinski definition) is 5. The van der Waals surface area contributed by atoms with Crippen LogP contribution in [0.2, 0.25) is 0 Å². The highest BCUT2D eigenvalue weighted by atomic mass is 16.5. The quantitative estimate of drug-likeness (QED) is 0.854. The normalized spacial score (nSPS) is 21.4. The number of urea groups is 1. The molecular weight excluding hydrogens is 370 g/mol. The van der Waals surface area contributed by atoms with E-state index in [1.54, 1.807) is 14.2 Å². The lowest BCUT2D eigenvalue weighted by molar-refractivity contribution is 0.174. The van der Waals surface area contributed by atoms with Crippen LogP contribution < -0.4 is 10.1 Å². The number of hydrogen-bond donors (Lipinski definition) is 1. The molecule has 1 spiro atoms. The van der Waals surface area contributed by atoms with Crippen molar-refractivity contribution in [3.05, 3.63) is 41.0 Å². The molecule has 2 aromatic rings. The molecule has 1 atom stereocenters. The highest BCUT2D eigenvalue weighted by Gasteiger charge is 2.50. The zero-order valence-electron chi connectivity index (χ0n) is 17.0. The number of methoxy groups -OCH3 is 2. The number of aryl methyl sites for hydroxylation is 1. The Hall–Kier alpha value is -2.61. The molecule has 3 aliphatic rings. The fraction of sp³-hybridized carbons (Fsp3) is 0.571. The van der Waals surface area contributed by atoms with Gasteiger partial charge in [-0.1, -0.05) is 6.07 Å². The summed E-state index contributed by atoms with van der Waals surface area (Å²) in [5.74, 6) is 2.57. The Morgan fingerprint density at radius 3 is 2.97 bits per heavy atom. The maximum absolute atomic E-state index is 13.1. The van der Waals surface area contributed by atoms with Crippen LogP contribution in [0.5, 0.6) is 5.75 Å². The number of rotatable bonds is 4. The molecule has 1 saturated carbocycles. The maximum atomic E-state index is 13.1. The molecular formula is C21H27N5O3. The van der Waals surface area contributed by atoms with Gasteiger partial charge < -0.3 is 19.7 Å². The van der Waals surface area contributed by atoms with Crippen molar-refractivity contribution in [2.75, 3.05) is 20.8 Å². The molecule has 5 rings (SSSR count). The Labute approximate surface area is 170 Å². The predicted molar refractivity (Wildman–Crippen MR) is 106 cm³/mol. The Kier molecular flexibility index (Phi) is 4.46. The highest BCUT2D eigenvalue weighted by Crippen LogP contribution is 2.53. The van der Waals surface area contributed by atoms with Gasteiger partial charge in [0, 0.05) is 32.0 Å². The first-order valence-electron chi connectivity index (χ1n) is 10.2. The minimum absolute atomic E-state index is 0.0171. The monoisotopic (exact) mass is 397 g/mol. The number of fused-ring (bicyclic) bond motifs is 3. The lowest BCUT2D eigenvalue weighted by atomic mass is 9.87. The Balaban J connectivity index is 1.27. The molecule has 0 bridgehead atoms. The van der Waals surface area contributed by atoms with E-state index in [2.05, 4.69) is 27.5 Å². The van der Waals surface area contributed by atoms with E-state index < -0.39 is 0 Å². The summed E-state index contributed by atoms with van der Waals surface area (Å²) in [4.78, 5) is 19.5. The first-order chi connectivity index (χ1) is 14.1. The summed E-state index contributed by atoms with van der Waals surface area (Å²) in [6.45, 7) is 2.49. The second-order valence-electron chi connectivity index (χ2n) is 8.40. The number of nitrogens with one attached hydrogen (secondary N) is 1. The van der Waals surface area contributed by atoms with Crippen LogP contribution in [0.25, 0.3) is 0 Å². The second kappa shape index (κ2) is 7.02. The fourth-order valence-corrected chi connectivity index (χ4v) is 4.68. The van der Waals surface area contributed by atoms with Gasteiger partial charge in [-0.3, -0.25) is 0 Å². The number of aromatic nitrogens is 3. The molecule has 1 aromatic heterocycles. The Bertz CT molecular complexity index is 936. The maximum Gasteiger partial charge on any atom is 0.318 e. The summed E-state index contributed by atoms with van der Waals surface area (Å²) >= 11 is 0. The van der Waals surface area contributed by atoms with E-state index in [9.17, 15) is 4.79 Å². The number of carbonyl (C=O) groups is 1. The van der Waals surface area contributed by atoms with E-state index in [0.29, 0.717) is 25.5 Å². The predicted octanol–water partition coefficient (Wildman–Crippen LogP) is 2.00. The number of benzene rings is 1. The van der Waals surface area contributed by atoms with Gasteiger partial charge in [0.05, 0.1) is 19.7 Å². The zero-order valence-corrected chi connectivity index (χ0v) is 17.0.